The van der Waals surface area contributed by atoms with Crippen LogP contribution in [0, 0.1) is 5.82 Å². The second-order valence-electron chi connectivity index (χ2n) is 5.41. The maximum atomic E-state index is 13.5. The van der Waals surface area contributed by atoms with Crippen LogP contribution in [0.1, 0.15) is 54.1 Å². The normalized spacial score (nSPS) is 16.5. The maximum Gasteiger partial charge on any atom is 0.281 e. The van der Waals surface area contributed by atoms with Crippen LogP contribution in [0.5, 0.6) is 0 Å². The number of fused-ring (bicyclic) bond motifs is 1. The number of amides is 1. The van der Waals surface area contributed by atoms with Crippen LogP contribution >= 0.6 is 0 Å². The zero-order valence-corrected chi connectivity index (χ0v) is 11.2. The van der Waals surface area contributed by atoms with Gasteiger partial charge < -0.3 is 4.98 Å². The largest absolute Gasteiger partial charge is 0.350 e. The number of H-pyrrole nitrogens is 1. The number of rotatable bonds is 2. The topological polar surface area (TPSA) is 70.9 Å². The molecular formula is C15H18FN3O. The molecule has 106 valence electrons. The molecule has 1 aliphatic carbocycles. The summed E-state index contributed by atoms with van der Waals surface area (Å²) in [4.78, 5) is 15.1. The van der Waals surface area contributed by atoms with E-state index < -0.39 is 0 Å². The molecule has 0 bridgehead atoms. The number of halogens is 1. The highest BCUT2D eigenvalue weighted by Gasteiger charge is 2.25. The molecule has 0 spiro atoms. The third-order valence-electron chi connectivity index (χ3n) is 4.17. The number of nitrogens with two attached hydrogens (primary N) is 1. The van der Waals surface area contributed by atoms with E-state index in [4.69, 9.17) is 5.84 Å². The average Bonchev–Trinajstić information content (AvgIpc) is 2.85. The van der Waals surface area contributed by atoms with Crippen molar-refractivity contribution in [3.8, 4) is 0 Å². The first-order valence-corrected chi connectivity index (χ1v) is 7.02. The Bertz CT molecular complexity index is 644. The molecule has 3 rings (SSSR count). The SMILES string of the molecule is NNC(=O)c1[nH]c2ccc(F)cc2c1C1CCCCC1. The van der Waals surface area contributed by atoms with Gasteiger partial charge >= 0.3 is 0 Å². The van der Waals surface area contributed by atoms with E-state index in [-0.39, 0.29) is 11.7 Å². The molecule has 0 saturated heterocycles. The summed E-state index contributed by atoms with van der Waals surface area (Å²) in [6.45, 7) is 0. The zero-order chi connectivity index (χ0) is 14.1. The molecule has 0 atom stereocenters. The average molecular weight is 275 g/mol. The van der Waals surface area contributed by atoms with E-state index in [0.29, 0.717) is 11.6 Å². The van der Waals surface area contributed by atoms with Gasteiger partial charge in [-0.05, 0) is 42.5 Å². The highest BCUT2D eigenvalue weighted by molar-refractivity contribution is 6.01. The van der Waals surface area contributed by atoms with Crippen LogP contribution < -0.4 is 11.3 Å². The summed E-state index contributed by atoms with van der Waals surface area (Å²) in [5, 5.41) is 0.801. The number of hydrazine groups is 1. The predicted molar refractivity (Wildman–Crippen MR) is 75.7 cm³/mol. The minimum absolute atomic E-state index is 0.284. The van der Waals surface area contributed by atoms with Crippen LogP contribution in [0.3, 0.4) is 0 Å². The predicted octanol–water partition coefficient (Wildman–Crippen LogP) is 2.96. The van der Waals surface area contributed by atoms with Gasteiger partial charge in [-0.2, -0.15) is 0 Å². The number of aromatic amines is 1. The molecule has 1 heterocycles. The van der Waals surface area contributed by atoms with Crippen LogP contribution in [0.2, 0.25) is 0 Å². The van der Waals surface area contributed by atoms with Crippen LogP contribution in [-0.4, -0.2) is 10.9 Å². The van der Waals surface area contributed by atoms with Gasteiger partial charge in [-0.15, -0.1) is 0 Å². The number of carbonyl (C=O) groups is 1. The molecule has 1 aromatic carbocycles. The number of aromatic nitrogens is 1. The van der Waals surface area contributed by atoms with Gasteiger partial charge in [0.2, 0.25) is 0 Å². The lowest BCUT2D eigenvalue weighted by molar-refractivity contribution is 0.0947. The van der Waals surface area contributed by atoms with Crippen LogP contribution in [0.4, 0.5) is 4.39 Å². The molecule has 1 aromatic heterocycles. The smallest absolute Gasteiger partial charge is 0.281 e. The molecule has 1 amide bonds. The first-order valence-electron chi connectivity index (χ1n) is 7.02. The molecule has 5 heteroatoms. The summed E-state index contributed by atoms with van der Waals surface area (Å²) in [6, 6.07) is 4.57. The highest BCUT2D eigenvalue weighted by Crippen LogP contribution is 2.38. The first kappa shape index (κ1) is 13.1. The number of nitrogen functional groups attached to an aromatic ring is 1. The van der Waals surface area contributed by atoms with Crippen LogP contribution in [0.25, 0.3) is 10.9 Å². The monoisotopic (exact) mass is 275 g/mol. The third-order valence-corrected chi connectivity index (χ3v) is 4.17. The third kappa shape index (κ3) is 2.18. The second-order valence-corrected chi connectivity index (χ2v) is 5.41. The molecule has 0 radical (unpaired) electrons. The lowest BCUT2D eigenvalue weighted by Gasteiger charge is -2.22. The van der Waals surface area contributed by atoms with Crippen molar-refractivity contribution in [3.05, 3.63) is 35.3 Å². The standard InChI is InChI=1S/C15H18FN3O/c16-10-6-7-12-11(8-10)13(9-4-2-1-3-5-9)14(18-12)15(20)19-17/h6-9,18H,1-5,17H2,(H,19,20). The van der Waals surface area contributed by atoms with E-state index in [1.54, 1.807) is 6.07 Å². The molecule has 0 unspecified atom stereocenters. The minimum Gasteiger partial charge on any atom is -0.350 e. The molecule has 1 saturated carbocycles. The number of carbonyl (C=O) groups excluding carboxylic acids is 1. The van der Waals surface area contributed by atoms with E-state index in [2.05, 4.69) is 10.4 Å². The molecule has 0 aliphatic heterocycles. The number of hydrogen-bond acceptors (Lipinski definition) is 2. The van der Waals surface area contributed by atoms with Crippen molar-refractivity contribution < 1.29 is 9.18 Å². The summed E-state index contributed by atoms with van der Waals surface area (Å²) in [6.07, 6.45) is 5.60. The zero-order valence-electron chi connectivity index (χ0n) is 11.2. The van der Waals surface area contributed by atoms with Crippen molar-refractivity contribution in [1.29, 1.82) is 0 Å². The molecule has 1 aliphatic rings. The summed E-state index contributed by atoms with van der Waals surface area (Å²) < 4.78 is 13.5. The van der Waals surface area contributed by atoms with E-state index in [9.17, 15) is 9.18 Å². The lowest BCUT2D eigenvalue weighted by Crippen LogP contribution is -2.31. The highest BCUT2D eigenvalue weighted by atomic mass is 19.1. The van der Waals surface area contributed by atoms with Crippen LogP contribution in [-0.2, 0) is 0 Å². The number of hydrogen-bond donors (Lipinski definition) is 3. The fourth-order valence-corrected chi connectivity index (χ4v) is 3.25. The quantitative estimate of drug-likeness (QED) is 0.448. The van der Waals surface area contributed by atoms with Gasteiger partial charge in [-0.25, -0.2) is 10.2 Å². The fraction of sp³-hybridized carbons (Fsp3) is 0.400. The Morgan fingerprint density at radius 3 is 2.75 bits per heavy atom. The van der Waals surface area contributed by atoms with Crippen LogP contribution in [0.15, 0.2) is 18.2 Å². The van der Waals surface area contributed by atoms with Gasteiger partial charge in [0.05, 0.1) is 0 Å². The van der Waals surface area contributed by atoms with E-state index in [1.165, 1.54) is 18.6 Å². The van der Waals surface area contributed by atoms with Crippen molar-refractivity contribution in [3.63, 3.8) is 0 Å². The molecular weight excluding hydrogens is 257 g/mol. The summed E-state index contributed by atoms with van der Waals surface area (Å²) in [5.41, 5.74) is 4.35. The van der Waals surface area contributed by atoms with Gasteiger partial charge in [-0.1, -0.05) is 19.3 Å². The molecule has 4 nitrogen and oxygen atoms in total. The summed E-state index contributed by atoms with van der Waals surface area (Å²) in [5.74, 6) is 4.93. The van der Waals surface area contributed by atoms with E-state index in [0.717, 1.165) is 42.1 Å². The molecule has 2 aromatic rings. The van der Waals surface area contributed by atoms with E-state index >= 15 is 0 Å². The van der Waals surface area contributed by atoms with E-state index in [1.807, 2.05) is 0 Å². The van der Waals surface area contributed by atoms with Gasteiger partial charge in [0, 0.05) is 10.9 Å². The lowest BCUT2D eigenvalue weighted by atomic mass is 9.82. The van der Waals surface area contributed by atoms with Gasteiger partial charge in [0.1, 0.15) is 11.5 Å². The Balaban J connectivity index is 2.18. The van der Waals surface area contributed by atoms with Gasteiger partial charge in [-0.3, -0.25) is 10.2 Å². The Kier molecular flexibility index (Phi) is 3.44. The Morgan fingerprint density at radius 2 is 2.05 bits per heavy atom. The Labute approximate surface area is 116 Å². The fourth-order valence-electron chi connectivity index (χ4n) is 3.25. The van der Waals surface area contributed by atoms with Gasteiger partial charge in [0.25, 0.3) is 5.91 Å². The molecule has 20 heavy (non-hydrogen) atoms. The number of benzene rings is 1. The summed E-state index contributed by atoms with van der Waals surface area (Å²) in [7, 11) is 0. The van der Waals surface area contributed by atoms with Crippen molar-refractivity contribution in [2.75, 3.05) is 0 Å². The van der Waals surface area contributed by atoms with Crippen molar-refractivity contribution in [2.24, 2.45) is 5.84 Å². The summed E-state index contributed by atoms with van der Waals surface area (Å²) >= 11 is 0. The van der Waals surface area contributed by atoms with Gasteiger partial charge in [0.15, 0.2) is 0 Å². The first-order chi connectivity index (χ1) is 9.70. The molecule has 1 fully saturated rings. The Hall–Kier alpha value is -1.88. The van der Waals surface area contributed by atoms with Crippen molar-refractivity contribution in [2.45, 2.75) is 38.0 Å². The minimum atomic E-state index is -0.345. The second kappa shape index (κ2) is 5.25. The molecule has 4 N–H and O–H groups in total. The van der Waals surface area contributed by atoms with Crippen molar-refractivity contribution in [1.82, 2.24) is 10.4 Å². The maximum absolute atomic E-state index is 13.5. The van der Waals surface area contributed by atoms with Crippen molar-refractivity contribution >= 4 is 16.8 Å². The Morgan fingerprint density at radius 1 is 1.30 bits per heavy atom. The number of nitrogens with one attached hydrogen (secondary N) is 2.